The highest BCUT2D eigenvalue weighted by Gasteiger charge is 2.54. The largest absolute Gasteiger partial charge is 0.308 e. The first-order valence-electron chi connectivity index (χ1n) is 8.42. The third-order valence-corrected chi connectivity index (χ3v) is 6.27. The van der Waals surface area contributed by atoms with Crippen LogP contribution in [-0.4, -0.2) is 14.8 Å². The van der Waals surface area contributed by atoms with Crippen LogP contribution in [0.4, 0.5) is 0 Å². The van der Waals surface area contributed by atoms with Gasteiger partial charge >= 0.3 is 0 Å². The third-order valence-electron chi connectivity index (χ3n) is 6.03. The first kappa shape index (κ1) is 14.0. The van der Waals surface area contributed by atoms with E-state index in [1.165, 1.54) is 44.3 Å². The van der Waals surface area contributed by atoms with E-state index in [4.69, 9.17) is 11.6 Å². The number of rotatable bonds is 2. The average molecular weight is 308 g/mol. The Hall–Kier alpha value is -0.570. The quantitative estimate of drug-likeness (QED) is 0.765. The fraction of sp³-hybridized carbons (Fsp3) is 0.882. The van der Waals surface area contributed by atoms with Crippen LogP contribution in [0.3, 0.4) is 0 Å². The molecule has 21 heavy (non-hydrogen) atoms. The van der Waals surface area contributed by atoms with Gasteiger partial charge < -0.3 is 4.57 Å². The van der Waals surface area contributed by atoms with Gasteiger partial charge in [0.25, 0.3) is 0 Å². The molecule has 4 fully saturated rings. The lowest BCUT2D eigenvalue weighted by molar-refractivity contribution is -0.0127. The Kier molecular flexibility index (Phi) is 2.99. The van der Waals surface area contributed by atoms with E-state index >= 15 is 0 Å². The maximum absolute atomic E-state index is 6.14. The van der Waals surface area contributed by atoms with Gasteiger partial charge in [0, 0.05) is 11.0 Å². The van der Waals surface area contributed by atoms with Crippen LogP contribution in [0, 0.1) is 17.8 Å². The van der Waals surface area contributed by atoms with Crippen LogP contribution in [0.25, 0.3) is 0 Å². The fourth-order valence-corrected chi connectivity index (χ4v) is 6.01. The number of halogens is 1. The average Bonchev–Trinajstić information content (AvgIpc) is 2.81. The zero-order chi connectivity index (χ0) is 14.8. The van der Waals surface area contributed by atoms with Crippen LogP contribution >= 0.6 is 11.6 Å². The first-order valence-corrected chi connectivity index (χ1v) is 8.96. The van der Waals surface area contributed by atoms with E-state index in [1.807, 2.05) is 0 Å². The first-order chi connectivity index (χ1) is 9.91. The summed E-state index contributed by atoms with van der Waals surface area (Å²) in [4.78, 5) is 0. The second kappa shape index (κ2) is 4.47. The Morgan fingerprint density at radius 3 is 2.00 bits per heavy atom. The smallest absolute Gasteiger partial charge is 0.148 e. The molecule has 0 amide bonds. The van der Waals surface area contributed by atoms with Gasteiger partial charge in [-0.15, -0.1) is 21.8 Å². The molecule has 5 rings (SSSR count). The zero-order valence-corrected chi connectivity index (χ0v) is 14.2. The molecule has 0 N–H and O–H groups in total. The van der Waals surface area contributed by atoms with Gasteiger partial charge in [-0.3, -0.25) is 0 Å². The highest BCUT2D eigenvalue weighted by atomic mass is 35.5. The third kappa shape index (κ3) is 2.07. The molecule has 0 aliphatic heterocycles. The second-order valence-corrected chi connectivity index (χ2v) is 9.04. The minimum absolute atomic E-state index is 0.00634. The summed E-state index contributed by atoms with van der Waals surface area (Å²) in [6, 6.07) is 0. The van der Waals surface area contributed by atoms with Crippen molar-refractivity contribution in [3.8, 4) is 0 Å². The molecule has 1 aromatic heterocycles. The van der Waals surface area contributed by atoms with Crippen molar-refractivity contribution in [2.45, 2.75) is 76.1 Å². The molecule has 4 heteroatoms. The Bertz CT molecular complexity index is 520. The van der Waals surface area contributed by atoms with Crippen molar-refractivity contribution < 1.29 is 0 Å². The lowest BCUT2D eigenvalue weighted by atomic mass is 9.49. The summed E-state index contributed by atoms with van der Waals surface area (Å²) >= 11 is 6.14. The summed E-state index contributed by atoms with van der Waals surface area (Å²) in [7, 11) is 0. The summed E-state index contributed by atoms with van der Waals surface area (Å²) in [5.41, 5.74) is 0.297. The number of alkyl halides is 1. The SMILES string of the molecule is CC(C)(C)n1c(CCl)nnc1C12CC3CC(CC(C3)C1)C2. The van der Waals surface area contributed by atoms with Gasteiger partial charge in [0.05, 0.1) is 5.88 Å². The zero-order valence-electron chi connectivity index (χ0n) is 13.4. The van der Waals surface area contributed by atoms with Crippen molar-refractivity contribution in [2.75, 3.05) is 0 Å². The van der Waals surface area contributed by atoms with E-state index in [0.717, 1.165) is 23.6 Å². The lowest BCUT2D eigenvalue weighted by Crippen LogP contribution is -2.50. The predicted octanol–water partition coefficient (Wildman–Crippen LogP) is 4.24. The summed E-state index contributed by atoms with van der Waals surface area (Å²) in [5.74, 6) is 5.43. The van der Waals surface area contributed by atoms with E-state index in [0.29, 0.717) is 11.3 Å². The maximum atomic E-state index is 6.14. The molecule has 4 aliphatic rings. The van der Waals surface area contributed by atoms with Gasteiger partial charge in [-0.1, -0.05) is 0 Å². The summed E-state index contributed by atoms with van der Waals surface area (Å²) in [6.07, 6.45) is 8.38. The molecule has 1 aromatic rings. The van der Waals surface area contributed by atoms with Crippen molar-refractivity contribution in [3.05, 3.63) is 11.6 Å². The van der Waals surface area contributed by atoms with Crippen LogP contribution in [-0.2, 0) is 16.8 Å². The highest BCUT2D eigenvalue weighted by Crippen LogP contribution is 2.60. The summed E-state index contributed by atoms with van der Waals surface area (Å²) in [5, 5.41) is 9.11. The van der Waals surface area contributed by atoms with E-state index in [2.05, 4.69) is 35.5 Å². The monoisotopic (exact) mass is 307 g/mol. The van der Waals surface area contributed by atoms with Crippen molar-refractivity contribution in [1.29, 1.82) is 0 Å². The van der Waals surface area contributed by atoms with Crippen LogP contribution in [0.1, 0.15) is 70.9 Å². The van der Waals surface area contributed by atoms with Gasteiger partial charge in [0.15, 0.2) is 0 Å². The second-order valence-electron chi connectivity index (χ2n) is 8.78. The Morgan fingerprint density at radius 1 is 1.05 bits per heavy atom. The number of hydrogen-bond donors (Lipinski definition) is 0. The number of nitrogens with zero attached hydrogens (tertiary/aromatic N) is 3. The Balaban J connectivity index is 1.82. The van der Waals surface area contributed by atoms with Crippen molar-refractivity contribution in [2.24, 2.45) is 17.8 Å². The van der Waals surface area contributed by atoms with Gasteiger partial charge in [0.1, 0.15) is 11.6 Å². The van der Waals surface area contributed by atoms with E-state index < -0.39 is 0 Å². The van der Waals surface area contributed by atoms with E-state index in [9.17, 15) is 0 Å². The number of hydrogen-bond acceptors (Lipinski definition) is 2. The normalized spacial score (nSPS) is 38.2. The maximum Gasteiger partial charge on any atom is 0.148 e. The molecule has 0 spiro atoms. The summed E-state index contributed by atoms with van der Waals surface area (Å²) < 4.78 is 2.35. The van der Waals surface area contributed by atoms with E-state index in [1.54, 1.807) is 0 Å². The fourth-order valence-electron chi connectivity index (χ4n) is 5.84. The topological polar surface area (TPSA) is 30.7 Å². The molecule has 4 aliphatic carbocycles. The molecule has 0 unspecified atom stereocenters. The lowest BCUT2D eigenvalue weighted by Gasteiger charge is -2.56. The molecular weight excluding hydrogens is 282 g/mol. The molecule has 1 heterocycles. The van der Waals surface area contributed by atoms with Crippen LogP contribution in [0.2, 0.25) is 0 Å². The Labute approximate surface area is 132 Å². The van der Waals surface area contributed by atoms with Crippen molar-refractivity contribution in [1.82, 2.24) is 14.8 Å². The van der Waals surface area contributed by atoms with E-state index in [-0.39, 0.29) is 5.54 Å². The van der Waals surface area contributed by atoms with Crippen molar-refractivity contribution >= 4 is 11.6 Å². The Morgan fingerprint density at radius 2 is 1.57 bits per heavy atom. The molecule has 4 bridgehead atoms. The van der Waals surface area contributed by atoms with Gasteiger partial charge in [-0.05, 0) is 77.0 Å². The molecule has 4 saturated carbocycles. The summed E-state index contributed by atoms with van der Waals surface area (Å²) in [6.45, 7) is 6.74. The molecule has 3 nitrogen and oxygen atoms in total. The predicted molar refractivity (Wildman–Crippen MR) is 84.4 cm³/mol. The minimum Gasteiger partial charge on any atom is -0.308 e. The van der Waals surface area contributed by atoms with Crippen LogP contribution in [0.5, 0.6) is 0 Å². The molecular formula is C17H26ClN3. The van der Waals surface area contributed by atoms with Crippen LogP contribution < -0.4 is 0 Å². The van der Waals surface area contributed by atoms with Gasteiger partial charge in [-0.25, -0.2) is 0 Å². The van der Waals surface area contributed by atoms with Crippen LogP contribution in [0.15, 0.2) is 0 Å². The molecule has 0 aromatic carbocycles. The minimum atomic E-state index is 0.00634. The molecule has 0 saturated heterocycles. The highest BCUT2D eigenvalue weighted by molar-refractivity contribution is 6.16. The van der Waals surface area contributed by atoms with Crippen molar-refractivity contribution in [3.63, 3.8) is 0 Å². The molecule has 116 valence electrons. The van der Waals surface area contributed by atoms with Gasteiger partial charge in [-0.2, -0.15) is 0 Å². The standard InChI is InChI=1S/C17H26ClN3/c1-16(2,3)21-14(10-18)19-20-15(21)17-7-11-4-12(8-17)6-13(5-11)9-17/h11-13H,4-10H2,1-3H3. The van der Waals surface area contributed by atoms with Gasteiger partial charge in [0.2, 0.25) is 0 Å². The molecule has 0 atom stereocenters. The number of aromatic nitrogens is 3. The molecule has 0 radical (unpaired) electrons.